The van der Waals surface area contributed by atoms with Gasteiger partial charge in [0.15, 0.2) is 0 Å². The van der Waals surface area contributed by atoms with Crippen molar-refractivity contribution in [3.63, 3.8) is 0 Å². The van der Waals surface area contributed by atoms with Gasteiger partial charge in [-0.1, -0.05) is 30.3 Å². The molecule has 4 rings (SSSR count). The molecule has 0 radical (unpaired) electrons. The maximum absolute atomic E-state index is 14.4. The number of aromatic nitrogens is 1. The number of anilines is 1. The molecule has 0 fully saturated rings. The van der Waals surface area contributed by atoms with Crippen molar-refractivity contribution in [2.75, 3.05) is 11.4 Å². The van der Waals surface area contributed by atoms with Crippen molar-refractivity contribution < 1.29 is 9.18 Å². The van der Waals surface area contributed by atoms with Crippen LogP contribution in [0.2, 0.25) is 0 Å². The number of aryl methyl sites for hydroxylation is 3. The Labute approximate surface area is 152 Å². The maximum atomic E-state index is 14.4. The fourth-order valence-electron chi connectivity index (χ4n) is 3.93. The van der Waals surface area contributed by atoms with Crippen molar-refractivity contribution in [2.24, 2.45) is 0 Å². The van der Waals surface area contributed by atoms with Gasteiger partial charge in [0.1, 0.15) is 5.82 Å². The van der Waals surface area contributed by atoms with E-state index in [1.54, 1.807) is 11.0 Å². The average Bonchev–Trinajstić information content (AvgIpc) is 2.65. The van der Waals surface area contributed by atoms with Gasteiger partial charge >= 0.3 is 0 Å². The minimum absolute atomic E-state index is 0.0701. The number of amides is 1. The quantitative estimate of drug-likeness (QED) is 0.682. The molecule has 0 saturated carbocycles. The van der Waals surface area contributed by atoms with Crippen molar-refractivity contribution in [1.29, 1.82) is 0 Å². The van der Waals surface area contributed by atoms with Gasteiger partial charge in [-0.2, -0.15) is 0 Å². The third kappa shape index (κ3) is 2.75. The third-order valence-corrected chi connectivity index (χ3v) is 5.28. The van der Waals surface area contributed by atoms with E-state index < -0.39 is 0 Å². The molecular formula is C22H21FN2O. The lowest BCUT2D eigenvalue weighted by Gasteiger charge is -2.30. The monoisotopic (exact) mass is 348 g/mol. The Morgan fingerprint density at radius 3 is 2.81 bits per heavy atom. The van der Waals surface area contributed by atoms with Gasteiger partial charge in [-0.25, -0.2) is 4.39 Å². The summed E-state index contributed by atoms with van der Waals surface area (Å²) in [6.07, 6.45) is 1.91. The van der Waals surface area contributed by atoms with Gasteiger partial charge in [-0.15, -0.1) is 0 Å². The van der Waals surface area contributed by atoms with E-state index in [1.165, 1.54) is 6.07 Å². The van der Waals surface area contributed by atoms with Crippen LogP contribution < -0.4 is 4.90 Å². The van der Waals surface area contributed by atoms with Gasteiger partial charge in [0.25, 0.3) is 0 Å². The highest BCUT2D eigenvalue weighted by molar-refractivity contribution is 5.97. The summed E-state index contributed by atoms with van der Waals surface area (Å²) in [6.45, 7) is 4.53. The molecule has 2 heterocycles. The Bertz CT molecular complexity index is 1010. The zero-order valence-electron chi connectivity index (χ0n) is 15.1. The molecule has 2 aromatic carbocycles. The van der Waals surface area contributed by atoms with Gasteiger partial charge in [0, 0.05) is 17.6 Å². The van der Waals surface area contributed by atoms with Gasteiger partial charge in [0.05, 0.1) is 17.6 Å². The Morgan fingerprint density at radius 1 is 1.15 bits per heavy atom. The Balaban J connectivity index is 1.71. The number of fused-ring (bicyclic) bond motifs is 2. The van der Waals surface area contributed by atoms with Gasteiger partial charge in [0.2, 0.25) is 5.91 Å². The number of carbonyl (C=O) groups is 1. The van der Waals surface area contributed by atoms with Crippen LogP contribution in [0.15, 0.2) is 42.5 Å². The van der Waals surface area contributed by atoms with Crippen LogP contribution in [-0.2, 0) is 17.6 Å². The van der Waals surface area contributed by atoms with Crippen LogP contribution in [0.4, 0.5) is 10.1 Å². The van der Waals surface area contributed by atoms with Crippen LogP contribution in [0.1, 0.15) is 28.8 Å². The van der Waals surface area contributed by atoms with E-state index in [1.807, 2.05) is 44.2 Å². The molecule has 1 amide bonds. The molecule has 0 atom stereocenters. The minimum Gasteiger partial charge on any atom is -0.309 e. The molecule has 3 aromatic rings. The first kappa shape index (κ1) is 16.7. The molecule has 1 aliphatic rings. The highest BCUT2D eigenvalue weighted by Crippen LogP contribution is 2.31. The SMILES string of the molecule is Cc1nc2ccccc2c(C)c1CC(=O)N1CCCc2cccc(F)c21. The maximum Gasteiger partial charge on any atom is 0.231 e. The lowest BCUT2D eigenvalue weighted by Crippen LogP contribution is -2.37. The number of hydrogen-bond acceptors (Lipinski definition) is 2. The number of pyridine rings is 1. The third-order valence-electron chi connectivity index (χ3n) is 5.28. The summed E-state index contributed by atoms with van der Waals surface area (Å²) in [5.74, 6) is -0.389. The molecule has 0 unspecified atom stereocenters. The minimum atomic E-state index is -0.319. The van der Waals surface area contributed by atoms with Crippen LogP contribution in [0.25, 0.3) is 10.9 Å². The molecule has 132 valence electrons. The fraction of sp³-hybridized carbons (Fsp3) is 0.273. The summed E-state index contributed by atoms with van der Waals surface area (Å²) >= 11 is 0. The number of benzene rings is 2. The molecule has 0 bridgehead atoms. The number of carbonyl (C=O) groups excluding carboxylic acids is 1. The Hall–Kier alpha value is -2.75. The highest BCUT2D eigenvalue weighted by atomic mass is 19.1. The summed E-state index contributed by atoms with van der Waals surface area (Å²) in [4.78, 5) is 19.3. The molecule has 3 nitrogen and oxygen atoms in total. The summed E-state index contributed by atoms with van der Waals surface area (Å²) in [5, 5.41) is 1.06. The molecule has 0 spiro atoms. The van der Waals surface area contributed by atoms with E-state index in [9.17, 15) is 9.18 Å². The topological polar surface area (TPSA) is 33.2 Å². The molecule has 0 N–H and O–H groups in total. The van der Waals surface area contributed by atoms with E-state index in [0.29, 0.717) is 12.2 Å². The summed E-state index contributed by atoms with van der Waals surface area (Å²) in [7, 11) is 0. The molecule has 26 heavy (non-hydrogen) atoms. The number of halogens is 1. The van der Waals surface area contributed by atoms with Crippen molar-refractivity contribution in [1.82, 2.24) is 4.98 Å². The van der Waals surface area contributed by atoms with Crippen molar-refractivity contribution in [3.8, 4) is 0 Å². The van der Waals surface area contributed by atoms with E-state index in [-0.39, 0.29) is 18.1 Å². The first-order chi connectivity index (χ1) is 12.6. The highest BCUT2D eigenvalue weighted by Gasteiger charge is 2.26. The predicted octanol–water partition coefficient (Wildman–Crippen LogP) is 4.51. The number of para-hydroxylation sites is 2. The van der Waals surface area contributed by atoms with Gasteiger partial charge < -0.3 is 4.90 Å². The van der Waals surface area contributed by atoms with Crippen LogP contribution >= 0.6 is 0 Å². The lowest BCUT2D eigenvalue weighted by atomic mass is 9.97. The zero-order chi connectivity index (χ0) is 18.3. The molecule has 1 aromatic heterocycles. The average molecular weight is 348 g/mol. The van der Waals surface area contributed by atoms with Gasteiger partial charge in [-0.3, -0.25) is 9.78 Å². The van der Waals surface area contributed by atoms with Crippen molar-refractivity contribution in [3.05, 3.63) is 70.7 Å². The summed E-state index contributed by atoms with van der Waals surface area (Å²) in [5.41, 5.74) is 5.18. The van der Waals surface area contributed by atoms with Crippen molar-refractivity contribution >= 4 is 22.5 Å². The van der Waals surface area contributed by atoms with E-state index in [2.05, 4.69) is 4.98 Å². The zero-order valence-corrected chi connectivity index (χ0v) is 15.1. The van der Waals surface area contributed by atoms with Gasteiger partial charge in [-0.05, 0) is 55.5 Å². The van der Waals surface area contributed by atoms with Crippen LogP contribution in [0.3, 0.4) is 0 Å². The number of nitrogens with zero attached hydrogens (tertiary/aromatic N) is 2. The Kier molecular flexibility index (Phi) is 4.19. The molecular weight excluding hydrogens is 327 g/mol. The normalized spacial score (nSPS) is 13.7. The second-order valence-electron chi connectivity index (χ2n) is 6.89. The lowest BCUT2D eigenvalue weighted by molar-refractivity contribution is -0.118. The van der Waals surface area contributed by atoms with Crippen LogP contribution in [0, 0.1) is 19.7 Å². The van der Waals surface area contributed by atoms with Crippen LogP contribution in [0.5, 0.6) is 0 Å². The number of hydrogen-bond donors (Lipinski definition) is 0. The van der Waals surface area contributed by atoms with E-state index in [0.717, 1.165) is 46.1 Å². The van der Waals surface area contributed by atoms with E-state index >= 15 is 0 Å². The standard InChI is InChI=1S/C22H21FN2O/c1-14-17-9-3-4-11-20(17)24-15(2)18(14)13-21(26)25-12-6-8-16-7-5-10-19(23)22(16)25/h3-5,7,9-11H,6,8,12-13H2,1-2H3. The molecule has 0 saturated heterocycles. The second-order valence-corrected chi connectivity index (χ2v) is 6.89. The number of rotatable bonds is 2. The molecule has 0 aliphatic carbocycles. The smallest absolute Gasteiger partial charge is 0.231 e. The predicted molar refractivity (Wildman–Crippen MR) is 102 cm³/mol. The summed E-state index contributed by atoms with van der Waals surface area (Å²) < 4.78 is 14.4. The first-order valence-electron chi connectivity index (χ1n) is 8.99. The molecule has 4 heteroatoms. The fourth-order valence-corrected chi connectivity index (χ4v) is 3.93. The largest absolute Gasteiger partial charge is 0.309 e. The van der Waals surface area contributed by atoms with Crippen LogP contribution in [-0.4, -0.2) is 17.4 Å². The first-order valence-corrected chi connectivity index (χ1v) is 8.99. The molecule has 1 aliphatic heterocycles. The summed E-state index contributed by atoms with van der Waals surface area (Å²) in [6, 6.07) is 13.0. The Morgan fingerprint density at radius 2 is 1.96 bits per heavy atom. The van der Waals surface area contributed by atoms with Crippen molar-refractivity contribution in [2.45, 2.75) is 33.1 Å². The van der Waals surface area contributed by atoms with E-state index in [4.69, 9.17) is 0 Å². The second kappa shape index (κ2) is 6.52.